The maximum Gasteiger partial charge on any atom is 0.249 e. The van der Waals surface area contributed by atoms with Crippen molar-refractivity contribution in [3.8, 4) is 0 Å². The zero-order valence-corrected chi connectivity index (χ0v) is 31.0. The molecule has 1 amide bonds. The Bertz CT molecular complexity index is 712. The minimum Gasteiger partial charge on any atom is -0.394 e. The zero-order chi connectivity index (χ0) is 34.6. The van der Waals surface area contributed by atoms with Gasteiger partial charge < -0.3 is 25.7 Å². The highest BCUT2D eigenvalue weighted by Crippen LogP contribution is 2.15. The van der Waals surface area contributed by atoms with Crippen LogP contribution in [0.4, 0.5) is 0 Å². The highest BCUT2D eigenvalue weighted by atomic mass is 16.3. The van der Waals surface area contributed by atoms with Crippen LogP contribution in [0.25, 0.3) is 0 Å². The van der Waals surface area contributed by atoms with Gasteiger partial charge in [0.05, 0.1) is 18.8 Å². The summed E-state index contributed by atoms with van der Waals surface area (Å²) in [4.78, 5) is 12.4. The summed E-state index contributed by atoms with van der Waals surface area (Å²) in [7, 11) is 0. The number of aliphatic hydroxyl groups excluding tert-OH is 4. The second kappa shape index (κ2) is 36.1. The molecule has 6 nitrogen and oxygen atoms in total. The second-order valence-electron chi connectivity index (χ2n) is 14.0. The predicted octanol–water partition coefficient (Wildman–Crippen LogP) is 10.0. The Kier molecular flexibility index (Phi) is 35.2. The van der Waals surface area contributed by atoms with Crippen molar-refractivity contribution in [2.75, 3.05) is 6.61 Å². The van der Waals surface area contributed by atoms with Crippen LogP contribution in [0.2, 0.25) is 0 Å². The lowest BCUT2D eigenvalue weighted by molar-refractivity contribution is -0.132. The average molecular weight is 666 g/mol. The van der Waals surface area contributed by atoms with Gasteiger partial charge in [0.1, 0.15) is 12.2 Å². The number of nitrogens with one attached hydrogen (secondary N) is 1. The van der Waals surface area contributed by atoms with E-state index in [9.17, 15) is 25.2 Å². The van der Waals surface area contributed by atoms with Gasteiger partial charge >= 0.3 is 0 Å². The second-order valence-corrected chi connectivity index (χ2v) is 14.0. The van der Waals surface area contributed by atoms with E-state index < -0.39 is 36.9 Å². The van der Waals surface area contributed by atoms with Crippen molar-refractivity contribution >= 4 is 5.91 Å². The van der Waals surface area contributed by atoms with Gasteiger partial charge in [-0.2, -0.15) is 0 Å². The third-order valence-corrected chi connectivity index (χ3v) is 9.39. The highest BCUT2D eigenvalue weighted by Gasteiger charge is 2.28. The predicted molar refractivity (Wildman–Crippen MR) is 201 cm³/mol. The van der Waals surface area contributed by atoms with Crippen LogP contribution in [0.5, 0.6) is 0 Å². The monoisotopic (exact) mass is 666 g/mol. The third kappa shape index (κ3) is 30.6. The van der Waals surface area contributed by atoms with Crippen molar-refractivity contribution < 1.29 is 25.2 Å². The molecule has 0 aliphatic rings. The molecule has 4 unspecified atom stereocenters. The van der Waals surface area contributed by atoms with Gasteiger partial charge in [-0.15, -0.1) is 0 Å². The molecule has 0 aromatic rings. The van der Waals surface area contributed by atoms with Crippen LogP contribution >= 0.6 is 0 Å². The molecule has 0 aromatic heterocycles. The molecule has 0 saturated carbocycles. The molecule has 0 radical (unpaired) electrons. The van der Waals surface area contributed by atoms with Crippen molar-refractivity contribution in [3.05, 3.63) is 24.3 Å². The molecule has 0 spiro atoms. The Hall–Kier alpha value is -1.21. The lowest BCUT2D eigenvalue weighted by Gasteiger charge is -2.27. The number of allylic oxidation sites excluding steroid dienone is 4. The summed E-state index contributed by atoms with van der Waals surface area (Å²) < 4.78 is 0. The molecule has 278 valence electrons. The molecule has 0 aromatic carbocycles. The van der Waals surface area contributed by atoms with Crippen LogP contribution < -0.4 is 5.32 Å². The number of unbranched alkanes of at least 4 members (excludes halogenated alkanes) is 23. The fraction of sp³-hybridized carbons (Fsp3) is 0.878. The summed E-state index contributed by atoms with van der Waals surface area (Å²) in [6, 6.07) is -1.00. The average Bonchev–Trinajstić information content (AvgIpc) is 3.07. The van der Waals surface area contributed by atoms with Crippen LogP contribution in [-0.2, 0) is 4.79 Å². The van der Waals surface area contributed by atoms with Crippen molar-refractivity contribution in [1.29, 1.82) is 0 Å². The van der Waals surface area contributed by atoms with E-state index in [-0.39, 0.29) is 0 Å². The molecule has 47 heavy (non-hydrogen) atoms. The van der Waals surface area contributed by atoms with Gasteiger partial charge in [-0.1, -0.05) is 173 Å². The number of carbonyl (C=O) groups excluding carboxylic acids is 1. The number of hydrogen-bond donors (Lipinski definition) is 5. The Labute approximate surface area is 291 Å². The first-order valence-corrected chi connectivity index (χ1v) is 20.2. The number of carbonyl (C=O) groups is 1. The first kappa shape index (κ1) is 45.8. The highest BCUT2D eigenvalue weighted by molar-refractivity contribution is 5.80. The molecule has 0 heterocycles. The van der Waals surface area contributed by atoms with Gasteiger partial charge in [-0.3, -0.25) is 4.79 Å². The van der Waals surface area contributed by atoms with E-state index in [1.165, 1.54) is 128 Å². The Morgan fingerprint density at radius 2 is 0.894 bits per heavy atom. The molecule has 0 fully saturated rings. The fourth-order valence-corrected chi connectivity index (χ4v) is 6.12. The molecule has 0 rings (SSSR count). The molecule has 0 aliphatic carbocycles. The Balaban J connectivity index is 3.82. The van der Waals surface area contributed by atoms with Crippen molar-refractivity contribution in [1.82, 2.24) is 5.32 Å². The van der Waals surface area contributed by atoms with Crippen LogP contribution in [0.1, 0.15) is 200 Å². The summed E-state index contributed by atoms with van der Waals surface area (Å²) in [5, 5.41) is 43.4. The molecule has 6 heteroatoms. The Morgan fingerprint density at radius 1 is 0.511 bits per heavy atom. The molecule has 0 aliphatic heterocycles. The summed E-state index contributed by atoms with van der Waals surface area (Å²) in [5.41, 5.74) is 0. The topological polar surface area (TPSA) is 110 Å². The summed E-state index contributed by atoms with van der Waals surface area (Å²) in [6.45, 7) is 4.01. The van der Waals surface area contributed by atoms with Gasteiger partial charge in [0.25, 0.3) is 0 Å². The summed E-state index contributed by atoms with van der Waals surface area (Å²) >= 11 is 0. The summed E-state index contributed by atoms with van der Waals surface area (Å²) in [5.74, 6) is -0.599. The smallest absolute Gasteiger partial charge is 0.249 e. The number of hydrogen-bond acceptors (Lipinski definition) is 5. The van der Waals surface area contributed by atoms with Gasteiger partial charge in [0.15, 0.2) is 0 Å². The standard InChI is InChI=1S/C41H79NO5/c1-3-5-7-9-11-13-15-16-17-18-19-20-21-22-23-25-26-28-30-32-34-38(44)40(46)37(36-43)42-41(47)39(45)35-33-31-29-27-24-14-12-10-8-6-4-2/h21-22,26,28,37-40,43-46H,3-20,23-25,27,29-36H2,1-2H3,(H,42,47)/b22-21+,28-26+. The molecule has 0 bridgehead atoms. The molecule has 5 N–H and O–H groups in total. The van der Waals surface area contributed by atoms with Gasteiger partial charge in [0, 0.05) is 0 Å². The minimum absolute atomic E-state index is 0.362. The van der Waals surface area contributed by atoms with E-state index in [4.69, 9.17) is 0 Å². The van der Waals surface area contributed by atoms with E-state index in [0.717, 1.165) is 38.5 Å². The van der Waals surface area contributed by atoms with E-state index >= 15 is 0 Å². The molecule has 0 saturated heterocycles. The van der Waals surface area contributed by atoms with Crippen LogP contribution in [-0.4, -0.2) is 57.3 Å². The lowest BCUT2D eigenvalue weighted by Crippen LogP contribution is -2.53. The van der Waals surface area contributed by atoms with E-state index in [2.05, 4.69) is 43.5 Å². The third-order valence-electron chi connectivity index (χ3n) is 9.39. The van der Waals surface area contributed by atoms with Crippen molar-refractivity contribution in [2.24, 2.45) is 0 Å². The van der Waals surface area contributed by atoms with Crippen LogP contribution in [0, 0.1) is 0 Å². The van der Waals surface area contributed by atoms with E-state index in [0.29, 0.717) is 19.3 Å². The van der Waals surface area contributed by atoms with Gasteiger partial charge in [-0.25, -0.2) is 0 Å². The number of rotatable bonds is 36. The van der Waals surface area contributed by atoms with Gasteiger partial charge in [-0.05, 0) is 51.4 Å². The van der Waals surface area contributed by atoms with Crippen LogP contribution in [0.3, 0.4) is 0 Å². The fourth-order valence-electron chi connectivity index (χ4n) is 6.12. The first-order valence-electron chi connectivity index (χ1n) is 20.2. The number of amides is 1. The molecule has 4 atom stereocenters. The van der Waals surface area contributed by atoms with Crippen molar-refractivity contribution in [2.45, 2.75) is 224 Å². The van der Waals surface area contributed by atoms with E-state index in [1.807, 2.05) is 0 Å². The molecular weight excluding hydrogens is 586 g/mol. The normalized spacial score (nSPS) is 14.6. The number of aliphatic hydroxyl groups is 4. The first-order chi connectivity index (χ1) is 23.0. The van der Waals surface area contributed by atoms with Crippen LogP contribution in [0.15, 0.2) is 24.3 Å². The largest absolute Gasteiger partial charge is 0.394 e. The minimum atomic E-state index is -1.28. The Morgan fingerprint density at radius 3 is 1.34 bits per heavy atom. The van der Waals surface area contributed by atoms with E-state index in [1.54, 1.807) is 0 Å². The quantitative estimate of drug-likeness (QED) is 0.0338. The molecular formula is C41H79NO5. The maximum atomic E-state index is 12.4. The van der Waals surface area contributed by atoms with Crippen molar-refractivity contribution in [3.63, 3.8) is 0 Å². The lowest BCUT2D eigenvalue weighted by atomic mass is 10.00. The zero-order valence-electron chi connectivity index (χ0n) is 31.0. The summed E-state index contributed by atoms with van der Waals surface area (Å²) in [6.07, 6.45) is 39.2. The maximum absolute atomic E-state index is 12.4. The SMILES string of the molecule is CCCCCCCCCCCCC/C=C/CC/C=C/CCCC(O)C(O)C(CO)NC(=O)C(O)CCCCCCCCCCCCC. The van der Waals surface area contributed by atoms with Gasteiger partial charge in [0.2, 0.25) is 5.91 Å².